The van der Waals surface area contributed by atoms with E-state index in [0.717, 1.165) is 0 Å². The Bertz CT molecular complexity index is 666. The van der Waals surface area contributed by atoms with Crippen LogP contribution in [0.3, 0.4) is 0 Å². The second-order valence-electron chi connectivity index (χ2n) is 5.31. The molecular weight excluding hydrogens is 284 g/mol. The summed E-state index contributed by atoms with van der Waals surface area (Å²) in [5.74, 6) is -0.00496. The van der Waals surface area contributed by atoms with E-state index in [9.17, 15) is 9.59 Å². The predicted molar refractivity (Wildman–Crippen MR) is 80.7 cm³/mol. The van der Waals surface area contributed by atoms with E-state index < -0.39 is 6.04 Å². The molecule has 0 saturated heterocycles. The first-order chi connectivity index (χ1) is 10.5. The number of hydrogen-bond acceptors (Lipinski definition) is 5. The Morgan fingerprint density at radius 1 is 1.27 bits per heavy atom. The molecular formula is C14H20N6O2. The molecule has 0 radical (unpaired) electrons. The summed E-state index contributed by atoms with van der Waals surface area (Å²) in [7, 11) is 0. The quantitative estimate of drug-likeness (QED) is 0.662. The summed E-state index contributed by atoms with van der Waals surface area (Å²) in [6.07, 6.45) is 1.82. The zero-order chi connectivity index (χ0) is 16.1. The number of fused-ring (bicyclic) bond motifs is 1. The third kappa shape index (κ3) is 3.79. The Kier molecular flexibility index (Phi) is 5.05. The molecule has 0 fully saturated rings. The van der Waals surface area contributed by atoms with Crippen LogP contribution < -0.4 is 16.4 Å². The summed E-state index contributed by atoms with van der Waals surface area (Å²) < 4.78 is 1.79. The number of pyridine rings is 1. The van der Waals surface area contributed by atoms with Crippen molar-refractivity contribution in [1.82, 2.24) is 25.2 Å². The molecule has 0 spiro atoms. The van der Waals surface area contributed by atoms with Gasteiger partial charge in [0.15, 0.2) is 11.5 Å². The maximum atomic E-state index is 11.7. The predicted octanol–water partition coefficient (Wildman–Crippen LogP) is -0.555. The van der Waals surface area contributed by atoms with Crippen molar-refractivity contribution in [1.29, 1.82) is 0 Å². The molecule has 1 atom stereocenters. The highest BCUT2D eigenvalue weighted by Gasteiger charge is 2.17. The van der Waals surface area contributed by atoms with Gasteiger partial charge in [0.1, 0.15) is 0 Å². The Morgan fingerprint density at radius 2 is 2.05 bits per heavy atom. The van der Waals surface area contributed by atoms with Gasteiger partial charge in [0.2, 0.25) is 11.8 Å². The summed E-state index contributed by atoms with van der Waals surface area (Å²) in [4.78, 5) is 23.4. The fourth-order valence-electron chi connectivity index (χ4n) is 1.84. The average Bonchev–Trinajstić information content (AvgIpc) is 2.93. The lowest BCUT2D eigenvalue weighted by Gasteiger charge is -2.15. The van der Waals surface area contributed by atoms with E-state index in [1.807, 2.05) is 38.2 Å². The number of carbonyl (C=O) groups is 2. The lowest BCUT2D eigenvalue weighted by Crippen LogP contribution is -2.47. The monoisotopic (exact) mass is 304 g/mol. The van der Waals surface area contributed by atoms with Crippen LogP contribution >= 0.6 is 0 Å². The molecule has 2 heterocycles. The summed E-state index contributed by atoms with van der Waals surface area (Å²) in [6.45, 7) is 3.81. The van der Waals surface area contributed by atoms with Gasteiger partial charge in [-0.2, -0.15) is 0 Å². The minimum Gasteiger partial charge on any atom is -0.347 e. The average molecular weight is 304 g/mol. The Labute approximate surface area is 128 Å². The number of hydrogen-bond donors (Lipinski definition) is 3. The van der Waals surface area contributed by atoms with Crippen molar-refractivity contribution in [3.63, 3.8) is 0 Å². The van der Waals surface area contributed by atoms with Crippen LogP contribution in [0, 0.1) is 5.92 Å². The molecule has 8 heteroatoms. The standard InChI is InChI=1S/C14H20N6O2/c1-9(2)13(15)14(22)17-8-12(21)16-7-11-19-18-10-5-3-4-6-20(10)11/h3-6,9,13H,7-8,15H2,1-2H3,(H,16,21)(H,17,22)/t13-/m0/s1. The molecule has 2 rings (SSSR count). The third-order valence-corrected chi connectivity index (χ3v) is 3.27. The van der Waals surface area contributed by atoms with Crippen molar-refractivity contribution in [2.24, 2.45) is 11.7 Å². The number of nitrogens with one attached hydrogen (secondary N) is 2. The van der Waals surface area contributed by atoms with Gasteiger partial charge >= 0.3 is 0 Å². The van der Waals surface area contributed by atoms with E-state index in [2.05, 4.69) is 20.8 Å². The van der Waals surface area contributed by atoms with Gasteiger partial charge in [-0.3, -0.25) is 14.0 Å². The minimum absolute atomic E-state index is 0.0189. The van der Waals surface area contributed by atoms with E-state index in [0.29, 0.717) is 11.5 Å². The van der Waals surface area contributed by atoms with Gasteiger partial charge in [-0.15, -0.1) is 10.2 Å². The fraction of sp³-hybridized carbons (Fsp3) is 0.429. The van der Waals surface area contributed by atoms with Crippen LogP contribution in [0.25, 0.3) is 5.65 Å². The van der Waals surface area contributed by atoms with Crippen LogP contribution in [0.5, 0.6) is 0 Å². The zero-order valence-electron chi connectivity index (χ0n) is 12.6. The van der Waals surface area contributed by atoms with Crippen LogP contribution in [0.15, 0.2) is 24.4 Å². The number of rotatable bonds is 6. The summed E-state index contributed by atoms with van der Waals surface area (Å²) in [6, 6.07) is 4.93. The van der Waals surface area contributed by atoms with Gasteiger partial charge in [-0.05, 0) is 18.1 Å². The van der Waals surface area contributed by atoms with E-state index in [-0.39, 0.29) is 30.8 Å². The normalized spacial score (nSPS) is 12.4. The lowest BCUT2D eigenvalue weighted by atomic mass is 10.1. The van der Waals surface area contributed by atoms with E-state index in [1.54, 1.807) is 4.40 Å². The Morgan fingerprint density at radius 3 is 2.77 bits per heavy atom. The number of nitrogens with two attached hydrogens (primary N) is 1. The highest BCUT2D eigenvalue weighted by atomic mass is 16.2. The third-order valence-electron chi connectivity index (χ3n) is 3.27. The molecule has 0 aliphatic heterocycles. The van der Waals surface area contributed by atoms with Gasteiger partial charge in [0, 0.05) is 6.20 Å². The molecule has 2 aromatic rings. The van der Waals surface area contributed by atoms with Crippen LogP contribution in [0.2, 0.25) is 0 Å². The van der Waals surface area contributed by atoms with Gasteiger partial charge in [0.05, 0.1) is 19.1 Å². The van der Waals surface area contributed by atoms with Crippen LogP contribution in [0.1, 0.15) is 19.7 Å². The van der Waals surface area contributed by atoms with Gasteiger partial charge in [-0.25, -0.2) is 0 Å². The Balaban J connectivity index is 1.82. The van der Waals surface area contributed by atoms with Crippen molar-refractivity contribution in [3.8, 4) is 0 Å². The van der Waals surface area contributed by atoms with Crippen molar-refractivity contribution < 1.29 is 9.59 Å². The first kappa shape index (κ1) is 15.9. The van der Waals surface area contributed by atoms with Gasteiger partial charge in [-0.1, -0.05) is 19.9 Å². The van der Waals surface area contributed by atoms with E-state index in [4.69, 9.17) is 5.73 Å². The van der Waals surface area contributed by atoms with Crippen molar-refractivity contribution >= 4 is 17.5 Å². The molecule has 118 valence electrons. The summed E-state index contributed by atoms with van der Waals surface area (Å²) in [5, 5.41) is 13.2. The molecule has 0 unspecified atom stereocenters. The molecule has 0 saturated carbocycles. The largest absolute Gasteiger partial charge is 0.347 e. The molecule has 0 aliphatic carbocycles. The first-order valence-corrected chi connectivity index (χ1v) is 7.07. The van der Waals surface area contributed by atoms with Crippen molar-refractivity contribution in [2.75, 3.05) is 6.54 Å². The molecule has 22 heavy (non-hydrogen) atoms. The molecule has 8 nitrogen and oxygen atoms in total. The number of carbonyl (C=O) groups excluding carboxylic acids is 2. The molecule has 4 N–H and O–H groups in total. The van der Waals surface area contributed by atoms with Crippen LogP contribution in [-0.4, -0.2) is 39.0 Å². The highest BCUT2D eigenvalue weighted by Crippen LogP contribution is 2.02. The van der Waals surface area contributed by atoms with E-state index >= 15 is 0 Å². The molecule has 0 aliphatic rings. The zero-order valence-corrected chi connectivity index (χ0v) is 12.6. The van der Waals surface area contributed by atoms with Gasteiger partial charge in [0.25, 0.3) is 0 Å². The minimum atomic E-state index is -0.617. The van der Waals surface area contributed by atoms with E-state index in [1.165, 1.54) is 0 Å². The number of nitrogens with zero attached hydrogens (tertiary/aromatic N) is 3. The SMILES string of the molecule is CC(C)[C@H](N)C(=O)NCC(=O)NCc1nnc2ccccn12. The second-order valence-corrected chi connectivity index (χ2v) is 5.31. The maximum Gasteiger partial charge on any atom is 0.239 e. The van der Waals surface area contributed by atoms with Crippen molar-refractivity contribution in [2.45, 2.75) is 26.4 Å². The summed E-state index contributed by atoms with van der Waals surface area (Å²) >= 11 is 0. The molecule has 0 aromatic carbocycles. The second kappa shape index (κ2) is 6.99. The highest BCUT2D eigenvalue weighted by molar-refractivity contribution is 5.87. The smallest absolute Gasteiger partial charge is 0.239 e. The fourth-order valence-corrected chi connectivity index (χ4v) is 1.84. The molecule has 2 amide bonds. The maximum absolute atomic E-state index is 11.7. The molecule has 0 bridgehead atoms. The Hall–Kier alpha value is -2.48. The van der Waals surface area contributed by atoms with Crippen LogP contribution in [0.4, 0.5) is 0 Å². The lowest BCUT2D eigenvalue weighted by molar-refractivity contribution is -0.127. The van der Waals surface area contributed by atoms with Gasteiger partial charge < -0.3 is 16.4 Å². The van der Waals surface area contributed by atoms with Crippen LogP contribution in [-0.2, 0) is 16.1 Å². The van der Waals surface area contributed by atoms with Crippen molar-refractivity contribution in [3.05, 3.63) is 30.2 Å². The first-order valence-electron chi connectivity index (χ1n) is 7.07. The summed E-state index contributed by atoms with van der Waals surface area (Å²) in [5.41, 5.74) is 6.41. The number of aromatic nitrogens is 3. The topological polar surface area (TPSA) is 114 Å². The number of amides is 2. The molecule has 2 aromatic heterocycles.